The summed E-state index contributed by atoms with van der Waals surface area (Å²) in [5, 5.41) is 10.4. The van der Waals surface area contributed by atoms with Gasteiger partial charge in [-0.3, -0.25) is 4.84 Å². The molecule has 1 heterocycles. The number of aliphatic hydroxyl groups excluding tert-OH is 1. The van der Waals surface area contributed by atoms with Gasteiger partial charge in [-0.05, 0) is 12.8 Å². The smallest absolute Gasteiger partial charge is 0.0698 e. The van der Waals surface area contributed by atoms with Crippen LogP contribution in [-0.2, 0) is 4.84 Å². The van der Waals surface area contributed by atoms with Gasteiger partial charge in [0.15, 0.2) is 0 Å². The first-order valence-electron chi connectivity index (χ1n) is 3.42. The second-order valence-electron chi connectivity index (χ2n) is 2.19. The molecule has 0 saturated carbocycles. The first-order valence-corrected chi connectivity index (χ1v) is 3.42. The van der Waals surface area contributed by atoms with Crippen molar-refractivity contribution in [2.75, 3.05) is 26.3 Å². The van der Waals surface area contributed by atoms with Crippen molar-refractivity contribution < 1.29 is 9.94 Å². The highest BCUT2D eigenvalue weighted by Crippen LogP contribution is 2.03. The van der Waals surface area contributed by atoms with E-state index in [0.29, 0.717) is 0 Å². The van der Waals surface area contributed by atoms with E-state index in [1.807, 2.05) is 5.06 Å². The highest BCUT2D eigenvalue weighted by atomic mass is 16.7. The molecule has 1 rings (SSSR count). The van der Waals surface area contributed by atoms with Gasteiger partial charge in [-0.15, -0.1) is 0 Å². The van der Waals surface area contributed by atoms with Crippen LogP contribution in [0.3, 0.4) is 0 Å². The maximum Gasteiger partial charge on any atom is 0.0698 e. The van der Waals surface area contributed by atoms with Crippen molar-refractivity contribution in [2.45, 2.75) is 20.3 Å². The van der Waals surface area contributed by atoms with Crippen LogP contribution < -0.4 is 6.15 Å². The van der Waals surface area contributed by atoms with Crippen LogP contribution in [0.4, 0.5) is 0 Å². The lowest BCUT2D eigenvalue weighted by Crippen LogP contribution is -2.19. The molecule has 1 aliphatic heterocycles. The summed E-state index contributed by atoms with van der Waals surface area (Å²) in [5.74, 6) is 0. The summed E-state index contributed by atoms with van der Waals surface area (Å²) in [6.07, 6.45) is 1.95. The molecular weight excluding hydrogens is 144 g/mol. The van der Waals surface area contributed by atoms with Gasteiger partial charge in [0.2, 0.25) is 0 Å². The Kier molecular flexibility index (Phi) is 9.70. The zero-order valence-electron chi connectivity index (χ0n) is 6.25. The average molecular weight is 164 g/mol. The second-order valence-corrected chi connectivity index (χ2v) is 2.19. The van der Waals surface area contributed by atoms with Crippen molar-refractivity contribution in [2.24, 2.45) is 0 Å². The van der Waals surface area contributed by atoms with E-state index in [1.54, 1.807) is 0 Å². The minimum atomic E-state index is 0. The highest BCUT2D eigenvalue weighted by Gasteiger charge is 2.10. The Morgan fingerprint density at radius 2 is 2.18 bits per heavy atom. The Balaban J connectivity index is 0. The topological polar surface area (TPSA) is 67.7 Å². The number of hydroxylamine groups is 2. The lowest BCUT2D eigenvalue weighted by Gasteiger charge is -2.11. The summed E-state index contributed by atoms with van der Waals surface area (Å²) in [4.78, 5) is 5.18. The molecule has 0 aromatic carbocycles. The van der Waals surface area contributed by atoms with E-state index in [1.165, 1.54) is 0 Å². The first-order chi connectivity index (χ1) is 4.43. The Morgan fingerprint density at radius 1 is 1.45 bits per heavy atom. The van der Waals surface area contributed by atoms with Crippen molar-refractivity contribution in [3.8, 4) is 0 Å². The molecule has 0 spiro atoms. The molecule has 0 aliphatic carbocycles. The summed E-state index contributed by atoms with van der Waals surface area (Å²) in [6, 6.07) is 0. The third-order valence-corrected chi connectivity index (χ3v) is 1.39. The molecule has 4 N–H and O–H groups in total. The molecule has 4 heteroatoms. The fourth-order valence-electron chi connectivity index (χ4n) is 0.923. The number of nitrogens with zero attached hydrogens (tertiary/aromatic N) is 1. The molecule has 1 fully saturated rings. The monoisotopic (exact) mass is 164 g/mol. The number of hydrogen-bond donors (Lipinski definition) is 2. The molecular formula is C7H20N2O2. The lowest BCUT2D eigenvalue weighted by molar-refractivity contribution is -0.111. The summed E-state index contributed by atoms with van der Waals surface area (Å²) in [7, 11) is 0. The van der Waals surface area contributed by atoms with Gasteiger partial charge in [0.05, 0.1) is 6.61 Å². The fraction of sp³-hybridized carbons (Fsp3) is 1.00. The average Bonchev–Trinajstić information content (AvgIpc) is 2.34. The van der Waals surface area contributed by atoms with Crippen LogP contribution in [-0.4, -0.2) is 36.5 Å². The van der Waals surface area contributed by atoms with Crippen molar-refractivity contribution in [1.82, 2.24) is 11.2 Å². The number of hydrogen-bond acceptors (Lipinski definition) is 4. The predicted octanol–water partition coefficient (Wildman–Crippen LogP) is 0.804. The van der Waals surface area contributed by atoms with Crippen LogP contribution in [0, 0.1) is 0 Å². The quantitative estimate of drug-likeness (QED) is 0.647. The number of aliphatic hydroxyl groups is 1. The van der Waals surface area contributed by atoms with Gasteiger partial charge in [0.25, 0.3) is 0 Å². The van der Waals surface area contributed by atoms with Gasteiger partial charge in [-0.25, -0.2) is 0 Å². The summed E-state index contributed by atoms with van der Waals surface area (Å²) in [5.41, 5.74) is 0. The van der Waals surface area contributed by atoms with Gasteiger partial charge in [0, 0.05) is 19.7 Å². The van der Waals surface area contributed by atoms with Crippen LogP contribution in [0.15, 0.2) is 0 Å². The normalized spacial score (nSPS) is 17.2. The van der Waals surface area contributed by atoms with Gasteiger partial charge in [-0.1, -0.05) is 7.43 Å². The Bertz CT molecular complexity index is 74.8. The molecule has 1 saturated heterocycles. The van der Waals surface area contributed by atoms with E-state index in [2.05, 4.69) is 0 Å². The Morgan fingerprint density at radius 3 is 2.64 bits per heavy atom. The predicted molar refractivity (Wildman–Crippen MR) is 45.6 cm³/mol. The SMILES string of the molecule is C.N.OCCCN1CCCO1. The molecule has 0 aromatic rings. The van der Waals surface area contributed by atoms with E-state index >= 15 is 0 Å². The maximum absolute atomic E-state index is 8.44. The van der Waals surface area contributed by atoms with E-state index < -0.39 is 0 Å². The Labute approximate surface area is 68.7 Å². The van der Waals surface area contributed by atoms with Gasteiger partial charge >= 0.3 is 0 Å². The third-order valence-electron chi connectivity index (χ3n) is 1.39. The minimum absolute atomic E-state index is 0. The third kappa shape index (κ3) is 5.15. The van der Waals surface area contributed by atoms with Gasteiger partial charge in [0.1, 0.15) is 0 Å². The highest BCUT2D eigenvalue weighted by molar-refractivity contribution is 4.52. The molecule has 0 aromatic heterocycles. The molecule has 11 heavy (non-hydrogen) atoms. The molecule has 0 atom stereocenters. The van der Waals surface area contributed by atoms with Crippen molar-refractivity contribution in [3.05, 3.63) is 0 Å². The lowest BCUT2D eigenvalue weighted by atomic mass is 10.4. The largest absolute Gasteiger partial charge is 0.396 e. The maximum atomic E-state index is 8.44. The van der Waals surface area contributed by atoms with E-state index in [-0.39, 0.29) is 20.2 Å². The van der Waals surface area contributed by atoms with Crippen LogP contribution in [0.1, 0.15) is 20.3 Å². The molecule has 0 bridgehead atoms. The molecule has 1 aliphatic rings. The van der Waals surface area contributed by atoms with E-state index in [0.717, 1.165) is 32.5 Å². The molecule has 0 amide bonds. The van der Waals surface area contributed by atoms with Crippen molar-refractivity contribution in [1.29, 1.82) is 0 Å². The molecule has 0 radical (unpaired) electrons. The molecule has 4 nitrogen and oxygen atoms in total. The van der Waals surface area contributed by atoms with Crippen LogP contribution in [0.25, 0.3) is 0 Å². The fourth-order valence-corrected chi connectivity index (χ4v) is 0.923. The molecule has 0 unspecified atom stereocenters. The summed E-state index contributed by atoms with van der Waals surface area (Å²) in [6.45, 7) is 3.02. The Hall–Kier alpha value is -0.160. The van der Waals surface area contributed by atoms with Crippen molar-refractivity contribution >= 4 is 0 Å². The first kappa shape index (κ1) is 13.4. The summed E-state index contributed by atoms with van der Waals surface area (Å²) >= 11 is 0. The van der Waals surface area contributed by atoms with E-state index in [4.69, 9.17) is 9.94 Å². The van der Waals surface area contributed by atoms with Crippen LogP contribution in [0.5, 0.6) is 0 Å². The summed E-state index contributed by atoms with van der Waals surface area (Å²) < 4.78 is 0. The zero-order chi connectivity index (χ0) is 6.53. The zero-order valence-corrected chi connectivity index (χ0v) is 6.25. The second kappa shape index (κ2) is 7.94. The van der Waals surface area contributed by atoms with Crippen LogP contribution in [0.2, 0.25) is 0 Å². The van der Waals surface area contributed by atoms with Gasteiger partial charge < -0.3 is 11.3 Å². The molecule has 70 valence electrons. The van der Waals surface area contributed by atoms with Crippen molar-refractivity contribution in [3.63, 3.8) is 0 Å². The van der Waals surface area contributed by atoms with E-state index in [9.17, 15) is 0 Å². The standard InChI is InChI=1S/C6H13NO2.CH4.H3N/c8-5-1-3-7-4-2-6-9-7;;/h8H,1-6H2;1H4;1H3. The van der Waals surface area contributed by atoms with Crippen LogP contribution >= 0.6 is 0 Å². The van der Waals surface area contributed by atoms with Gasteiger partial charge in [-0.2, -0.15) is 5.06 Å². The number of rotatable bonds is 3. The minimum Gasteiger partial charge on any atom is -0.396 e.